The largest absolute Gasteiger partial charge is 0.477 e. The number of nitrogens with zero attached hydrogens (tertiary/aromatic N) is 2. The Kier molecular flexibility index (Phi) is 5.27. The zero-order valence-corrected chi connectivity index (χ0v) is 16.8. The van der Waals surface area contributed by atoms with Crippen molar-refractivity contribution in [3.63, 3.8) is 0 Å². The molecule has 4 aromatic rings. The average Bonchev–Trinajstić information content (AvgIpc) is 3.12. The normalized spacial score (nSPS) is 11.8. The number of hydrogen-bond donors (Lipinski definition) is 2. The van der Waals surface area contributed by atoms with Crippen molar-refractivity contribution in [3.8, 4) is 22.5 Å². The van der Waals surface area contributed by atoms with Crippen LogP contribution < -0.4 is 5.56 Å². The first kappa shape index (κ1) is 22.2. The van der Waals surface area contributed by atoms with Crippen LogP contribution in [-0.4, -0.2) is 25.4 Å². The monoisotopic (exact) mass is 463 g/mol. The summed E-state index contributed by atoms with van der Waals surface area (Å²) in [5, 5.41) is 9.54. The Hall–Kier alpha value is -4.02. The van der Waals surface area contributed by atoms with Gasteiger partial charge in [0.1, 0.15) is 17.2 Å². The third-order valence-electron chi connectivity index (χ3n) is 5.10. The number of carboxylic acids is 1. The predicted octanol–water partition coefficient (Wildman–Crippen LogP) is 4.91. The Balaban J connectivity index is 2.11. The van der Waals surface area contributed by atoms with Crippen LogP contribution in [0, 0.1) is 11.6 Å². The minimum atomic E-state index is -4.59. The van der Waals surface area contributed by atoms with Gasteiger partial charge in [-0.3, -0.25) is 4.79 Å². The Bertz CT molecular complexity index is 1450. The van der Waals surface area contributed by atoms with Gasteiger partial charge in [-0.15, -0.1) is 0 Å². The van der Waals surface area contributed by atoms with E-state index in [2.05, 4.69) is 9.97 Å². The highest BCUT2D eigenvalue weighted by molar-refractivity contribution is 5.89. The van der Waals surface area contributed by atoms with Gasteiger partial charge in [-0.2, -0.15) is 13.2 Å². The number of aromatic carboxylic acids is 1. The Morgan fingerprint density at radius 1 is 1.12 bits per heavy atom. The van der Waals surface area contributed by atoms with Crippen LogP contribution in [0.3, 0.4) is 0 Å². The zero-order valence-electron chi connectivity index (χ0n) is 16.8. The van der Waals surface area contributed by atoms with Crippen molar-refractivity contribution in [1.82, 2.24) is 14.4 Å². The first-order valence-electron chi connectivity index (χ1n) is 9.56. The van der Waals surface area contributed by atoms with Crippen LogP contribution >= 0.6 is 0 Å². The number of carbonyl (C=O) groups is 1. The van der Waals surface area contributed by atoms with Gasteiger partial charge < -0.3 is 10.1 Å². The molecule has 0 fully saturated rings. The zero-order chi connectivity index (χ0) is 24.1. The molecule has 0 aliphatic rings. The lowest BCUT2D eigenvalue weighted by atomic mass is 10.0. The van der Waals surface area contributed by atoms with Crippen molar-refractivity contribution in [2.24, 2.45) is 0 Å². The molecule has 0 aliphatic carbocycles. The first-order valence-corrected chi connectivity index (χ1v) is 9.56. The number of hydrogen-bond acceptors (Lipinski definition) is 3. The van der Waals surface area contributed by atoms with Gasteiger partial charge in [0.05, 0.1) is 17.0 Å². The predicted molar refractivity (Wildman–Crippen MR) is 108 cm³/mol. The summed E-state index contributed by atoms with van der Waals surface area (Å²) in [6, 6.07) is 6.32. The average molecular weight is 463 g/mol. The lowest BCUT2D eigenvalue weighted by molar-refractivity contribution is -0.137. The number of benzene rings is 2. The molecule has 2 N–H and O–H groups in total. The number of alkyl halides is 3. The van der Waals surface area contributed by atoms with Crippen LogP contribution in [0.25, 0.3) is 28.3 Å². The summed E-state index contributed by atoms with van der Waals surface area (Å²) in [7, 11) is 0. The van der Waals surface area contributed by atoms with Crippen molar-refractivity contribution < 1.29 is 31.9 Å². The van der Waals surface area contributed by atoms with E-state index in [4.69, 9.17) is 0 Å². The molecule has 0 amide bonds. The summed E-state index contributed by atoms with van der Waals surface area (Å²) in [4.78, 5) is 31.8. The molecule has 0 unspecified atom stereocenters. The van der Waals surface area contributed by atoms with Crippen LogP contribution in [0.2, 0.25) is 0 Å². The van der Waals surface area contributed by atoms with Crippen LogP contribution in [0.5, 0.6) is 0 Å². The molecule has 6 nitrogen and oxygen atoms in total. The van der Waals surface area contributed by atoms with E-state index in [9.17, 15) is 36.6 Å². The van der Waals surface area contributed by atoms with Crippen molar-refractivity contribution >= 4 is 11.7 Å². The second-order valence-corrected chi connectivity index (χ2v) is 7.11. The van der Waals surface area contributed by atoms with E-state index in [1.54, 1.807) is 6.92 Å². The lowest BCUT2D eigenvalue weighted by Crippen LogP contribution is -2.26. The number of imidazole rings is 1. The number of aryl methyl sites for hydroxylation is 1. The Morgan fingerprint density at radius 3 is 2.33 bits per heavy atom. The second kappa shape index (κ2) is 7.84. The summed E-state index contributed by atoms with van der Waals surface area (Å²) >= 11 is 0. The standard InChI is InChI=1S/C22H14F5N3O3/c1-2-15-16(20(32)33)19(31)30-18(13-8-7-12(23)9-14(13)24)17(29-21(30)28-15)10-3-5-11(6-4-10)22(25,26)27/h3-9H,2H2,1H3,(H,28,29)(H,32,33). The van der Waals surface area contributed by atoms with Gasteiger partial charge in [0.15, 0.2) is 0 Å². The summed E-state index contributed by atoms with van der Waals surface area (Å²) in [5.41, 5.74) is -2.97. The van der Waals surface area contributed by atoms with Crippen LogP contribution in [-0.2, 0) is 12.6 Å². The molecule has 0 radical (unpaired) electrons. The molecule has 0 saturated carbocycles. The third kappa shape index (κ3) is 3.75. The van der Waals surface area contributed by atoms with Crippen LogP contribution in [0.15, 0.2) is 47.3 Å². The number of H-pyrrole nitrogens is 1. The Labute approximate surface area is 182 Å². The van der Waals surface area contributed by atoms with E-state index >= 15 is 0 Å². The fourth-order valence-electron chi connectivity index (χ4n) is 3.57. The van der Waals surface area contributed by atoms with Crippen molar-refractivity contribution in [2.45, 2.75) is 19.5 Å². The molecule has 2 aromatic heterocycles. The lowest BCUT2D eigenvalue weighted by Gasteiger charge is -2.10. The highest BCUT2D eigenvalue weighted by Crippen LogP contribution is 2.36. The van der Waals surface area contributed by atoms with Gasteiger partial charge in [-0.05, 0) is 30.7 Å². The molecule has 2 aromatic carbocycles. The number of fused-ring (bicyclic) bond motifs is 1. The summed E-state index contributed by atoms with van der Waals surface area (Å²) in [5.74, 6) is -3.63. The quantitative estimate of drug-likeness (QED) is 0.421. The molecule has 0 spiro atoms. The second-order valence-electron chi connectivity index (χ2n) is 7.11. The van der Waals surface area contributed by atoms with Gasteiger partial charge in [0.2, 0.25) is 5.78 Å². The number of aromatic amines is 1. The summed E-state index contributed by atoms with van der Waals surface area (Å²) in [6.45, 7) is 1.61. The van der Waals surface area contributed by atoms with Crippen molar-refractivity contribution in [2.75, 3.05) is 0 Å². The molecule has 11 heteroatoms. The van der Waals surface area contributed by atoms with E-state index in [1.807, 2.05) is 0 Å². The third-order valence-corrected chi connectivity index (χ3v) is 5.10. The number of rotatable bonds is 4. The molecule has 0 bridgehead atoms. The maximum atomic E-state index is 14.7. The topological polar surface area (TPSA) is 87.5 Å². The molecule has 0 atom stereocenters. The van der Waals surface area contributed by atoms with E-state index in [0.717, 1.165) is 40.8 Å². The van der Waals surface area contributed by atoms with Gasteiger partial charge in [0, 0.05) is 22.9 Å². The molecular weight excluding hydrogens is 449 g/mol. The van der Waals surface area contributed by atoms with Gasteiger partial charge in [0.25, 0.3) is 5.56 Å². The van der Waals surface area contributed by atoms with E-state index < -0.39 is 40.5 Å². The highest BCUT2D eigenvalue weighted by Gasteiger charge is 2.31. The summed E-state index contributed by atoms with van der Waals surface area (Å²) < 4.78 is 68.0. The smallest absolute Gasteiger partial charge is 0.416 e. The molecule has 0 saturated heterocycles. The fourth-order valence-corrected chi connectivity index (χ4v) is 3.57. The first-order chi connectivity index (χ1) is 15.5. The van der Waals surface area contributed by atoms with E-state index in [0.29, 0.717) is 6.07 Å². The SMILES string of the molecule is CCc1[nH]c2nc(-c3ccc(C(F)(F)F)cc3)c(-c3ccc(F)cc3F)n2c(=O)c1C(=O)O. The maximum Gasteiger partial charge on any atom is 0.416 e. The van der Waals surface area contributed by atoms with E-state index in [1.165, 1.54) is 0 Å². The summed E-state index contributed by atoms with van der Waals surface area (Å²) in [6.07, 6.45) is -4.46. The highest BCUT2D eigenvalue weighted by atomic mass is 19.4. The van der Waals surface area contributed by atoms with Gasteiger partial charge in [-0.1, -0.05) is 19.1 Å². The van der Waals surface area contributed by atoms with Crippen molar-refractivity contribution in [3.05, 3.63) is 81.3 Å². The number of nitrogens with one attached hydrogen (secondary N) is 1. The number of halogens is 5. The number of aromatic nitrogens is 3. The molecule has 4 rings (SSSR count). The van der Waals surface area contributed by atoms with Gasteiger partial charge >= 0.3 is 12.1 Å². The van der Waals surface area contributed by atoms with Gasteiger partial charge in [-0.25, -0.2) is 23.0 Å². The molecular formula is C22H14F5N3O3. The van der Waals surface area contributed by atoms with Crippen LogP contribution in [0.1, 0.15) is 28.5 Å². The van der Waals surface area contributed by atoms with E-state index in [-0.39, 0.29) is 40.4 Å². The number of carboxylic acid groups (broad SMARTS) is 1. The fraction of sp³-hybridized carbons (Fsp3) is 0.136. The minimum absolute atomic E-state index is 0.0649. The van der Waals surface area contributed by atoms with Crippen molar-refractivity contribution in [1.29, 1.82) is 0 Å². The minimum Gasteiger partial charge on any atom is -0.477 e. The molecule has 33 heavy (non-hydrogen) atoms. The molecule has 2 heterocycles. The molecule has 0 aliphatic heterocycles. The Morgan fingerprint density at radius 2 is 1.79 bits per heavy atom. The maximum absolute atomic E-state index is 14.7. The molecule has 170 valence electrons. The van der Waals surface area contributed by atoms with Crippen LogP contribution in [0.4, 0.5) is 22.0 Å².